The van der Waals surface area contributed by atoms with E-state index in [0.29, 0.717) is 17.9 Å². The van der Waals surface area contributed by atoms with Gasteiger partial charge in [-0.15, -0.1) is 24.0 Å². The summed E-state index contributed by atoms with van der Waals surface area (Å²) in [5.74, 6) is 2.63. The Labute approximate surface area is 190 Å². The van der Waals surface area contributed by atoms with Crippen molar-refractivity contribution in [2.45, 2.75) is 52.0 Å². The molecule has 0 radical (unpaired) electrons. The summed E-state index contributed by atoms with van der Waals surface area (Å²) < 4.78 is 5.29. The van der Waals surface area contributed by atoms with Crippen LogP contribution < -0.4 is 15.5 Å². The third kappa shape index (κ3) is 6.87. The topological polar surface area (TPSA) is 78.6 Å². The van der Waals surface area contributed by atoms with Crippen molar-refractivity contribution in [3.63, 3.8) is 0 Å². The zero-order chi connectivity index (χ0) is 19.9. The van der Waals surface area contributed by atoms with Crippen LogP contribution in [0, 0.1) is 6.92 Å². The van der Waals surface area contributed by atoms with Gasteiger partial charge in [0.2, 0.25) is 5.89 Å². The van der Waals surface area contributed by atoms with E-state index in [1.807, 2.05) is 7.05 Å². The molecule has 8 heteroatoms. The highest BCUT2D eigenvalue weighted by Crippen LogP contribution is 2.20. The second-order valence-electron chi connectivity index (χ2n) is 7.72. The van der Waals surface area contributed by atoms with Gasteiger partial charge >= 0.3 is 0 Å². The number of aliphatic imine (C=N–C) groups is 1. The van der Waals surface area contributed by atoms with Crippen molar-refractivity contribution in [2.75, 3.05) is 31.6 Å². The molecule has 2 heterocycles. The second kappa shape index (κ2) is 11.4. The molecule has 29 heavy (non-hydrogen) atoms. The Morgan fingerprint density at radius 1 is 1.31 bits per heavy atom. The van der Waals surface area contributed by atoms with Crippen LogP contribution in [0.25, 0.3) is 0 Å². The van der Waals surface area contributed by atoms with E-state index in [1.54, 1.807) is 0 Å². The van der Waals surface area contributed by atoms with Crippen LogP contribution in [0.1, 0.15) is 49.9 Å². The first-order valence-electron chi connectivity index (χ1n) is 10.2. The number of nitrogens with one attached hydrogen (secondary N) is 2. The standard InChI is InChI=1S/C21H32N6O.HI/c1-15(2)20-25-19(28-26-20)6-5-12-23-21(22-4)24-17-11-13-27(14-17)18-9-7-16(3)8-10-18;/h7-10,15,17H,5-6,11-14H2,1-4H3,(H2,22,23,24);1H. The number of aromatic nitrogens is 2. The number of guanidine groups is 1. The number of anilines is 1. The first-order valence-corrected chi connectivity index (χ1v) is 10.2. The maximum atomic E-state index is 5.29. The van der Waals surface area contributed by atoms with Crippen molar-refractivity contribution in [1.29, 1.82) is 0 Å². The highest BCUT2D eigenvalue weighted by Gasteiger charge is 2.23. The molecule has 1 aliphatic rings. The van der Waals surface area contributed by atoms with Gasteiger partial charge in [-0.05, 0) is 31.9 Å². The van der Waals surface area contributed by atoms with Gasteiger partial charge in [0.25, 0.3) is 0 Å². The molecule has 1 aromatic heterocycles. The fourth-order valence-electron chi connectivity index (χ4n) is 3.31. The monoisotopic (exact) mass is 512 g/mol. The minimum absolute atomic E-state index is 0. The number of hydrogen-bond acceptors (Lipinski definition) is 5. The minimum Gasteiger partial charge on any atom is -0.369 e. The molecule has 2 N–H and O–H groups in total. The van der Waals surface area contributed by atoms with Gasteiger partial charge in [-0.25, -0.2) is 0 Å². The van der Waals surface area contributed by atoms with E-state index in [9.17, 15) is 0 Å². The van der Waals surface area contributed by atoms with Crippen LogP contribution in [0.2, 0.25) is 0 Å². The number of halogens is 1. The zero-order valence-electron chi connectivity index (χ0n) is 17.8. The molecule has 0 aliphatic carbocycles. The minimum atomic E-state index is 0. The summed E-state index contributed by atoms with van der Waals surface area (Å²) in [5.41, 5.74) is 2.58. The van der Waals surface area contributed by atoms with E-state index in [0.717, 1.165) is 50.7 Å². The van der Waals surface area contributed by atoms with Crippen molar-refractivity contribution in [3.8, 4) is 0 Å². The van der Waals surface area contributed by atoms with Gasteiger partial charge in [-0.1, -0.05) is 36.7 Å². The maximum Gasteiger partial charge on any atom is 0.226 e. The average molecular weight is 512 g/mol. The van der Waals surface area contributed by atoms with Crippen LogP contribution in [-0.2, 0) is 6.42 Å². The van der Waals surface area contributed by atoms with Crippen LogP contribution in [-0.4, -0.2) is 48.8 Å². The van der Waals surface area contributed by atoms with Crippen LogP contribution in [0.4, 0.5) is 5.69 Å². The Balaban J connectivity index is 0.00000300. The lowest BCUT2D eigenvalue weighted by molar-refractivity contribution is 0.368. The van der Waals surface area contributed by atoms with Crippen LogP contribution in [0.15, 0.2) is 33.8 Å². The molecular formula is C21H33IN6O. The highest BCUT2D eigenvalue weighted by atomic mass is 127. The lowest BCUT2D eigenvalue weighted by atomic mass is 10.2. The summed E-state index contributed by atoms with van der Waals surface area (Å²) in [6.45, 7) is 9.11. The first-order chi connectivity index (χ1) is 13.5. The van der Waals surface area contributed by atoms with Crippen molar-refractivity contribution in [3.05, 3.63) is 41.5 Å². The molecule has 1 saturated heterocycles. The van der Waals surface area contributed by atoms with Gasteiger partial charge in [0.15, 0.2) is 11.8 Å². The Morgan fingerprint density at radius 2 is 2.07 bits per heavy atom. The summed E-state index contributed by atoms with van der Waals surface area (Å²) in [4.78, 5) is 11.2. The Kier molecular flexibility index (Phi) is 9.19. The van der Waals surface area contributed by atoms with E-state index in [-0.39, 0.29) is 24.0 Å². The molecular weight excluding hydrogens is 479 g/mol. The molecule has 0 amide bonds. The predicted octanol–water partition coefficient (Wildman–Crippen LogP) is 3.50. The lowest BCUT2D eigenvalue weighted by Crippen LogP contribution is -2.44. The predicted molar refractivity (Wildman–Crippen MR) is 128 cm³/mol. The van der Waals surface area contributed by atoms with E-state index < -0.39 is 0 Å². The Morgan fingerprint density at radius 3 is 2.72 bits per heavy atom. The maximum absolute atomic E-state index is 5.29. The van der Waals surface area contributed by atoms with Crippen LogP contribution in [0.5, 0.6) is 0 Å². The van der Waals surface area contributed by atoms with Crippen molar-refractivity contribution in [1.82, 2.24) is 20.8 Å². The third-order valence-corrected chi connectivity index (χ3v) is 5.01. The van der Waals surface area contributed by atoms with Gasteiger partial charge < -0.3 is 20.1 Å². The molecule has 1 aromatic carbocycles. The molecule has 1 aliphatic heterocycles. The third-order valence-electron chi connectivity index (χ3n) is 5.01. The van der Waals surface area contributed by atoms with Crippen molar-refractivity contribution in [2.24, 2.45) is 4.99 Å². The fourth-order valence-corrected chi connectivity index (χ4v) is 3.31. The van der Waals surface area contributed by atoms with E-state index in [2.05, 4.69) is 75.7 Å². The highest BCUT2D eigenvalue weighted by molar-refractivity contribution is 14.0. The lowest BCUT2D eigenvalue weighted by Gasteiger charge is -2.20. The number of benzene rings is 1. The summed E-state index contributed by atoms with van der Waals surface area (Å²) in [6.07, 6.45) is 2.80. The molecule has 0 saturated carbocycles. The Hall–Kier alpha value is -1.84. The summed E-state index contributed by atoms with van der Waals surface area (Å²) in [6, 6.07) is 9.14. The molecule has 3 rings (SSSR count). The number of hydrogen-bond donors (Lipinski definition) is 2. The Bertz CT molecular complexity index is 774. The molecule has 1 atom stereocenters. The molecule has 0 bridgehead atoms. The molecule has 1 fully saturated rings. The van der Waals surface area contributed by atoms with Gasteiger partial charge in [0, 0.05) is 50.7 Å². The van der Waals surface area contributed by atoms with Gasteiger partial charge in [0.1, 0.15) is 0 Å². The van der Waals surface area contributed by atoms with Gasteiger partial charge in [-0.2, -0.15) is 4.98 Å². The zero-order valence-corrected chi connectivity index (χ0v) is 20.1. The SMILES string of the molecule is CN=C(NCCCc1nc(C(C)C)no1)NC1CCN(c2ccc(C)cc2)C1.I. The number of rotatable bonds is 7. The largest absolute Gasteiger partial charge is 0.369 e. The van der Waals surface area contributed by atoms with Crippen LogP contribution in [0.3, 0.4) is 0 Å². The summed E-state index contributed by atoms with van der Waals surface area (Å²) in [5, 5.41) is 10.9. The fraction of sp³-hybridized carbons (Fsp3) is 0.571. The first kappa shape index (κ1) is 23.4. The van der Waals surface area contributed by atoms with E-state index in [4.69, 9.17) is 4.52 Å². The molecule has 0 spiro atoms. The average Bonchev–Trinajstić information content (AvgIpc) is 3.34. The molecule has 1 unspecified atom stereocenters. The number of nitrogens with zero attached hydrogens (tertiary/aromatic N) is 4. The number of aryl methyl sites for hydroxylation is 2. The van der Waals surface area contributed by atoms with Crippen molar-refractivity contribution < 1.29 is 4.52 Å². The molecule has 7 nitrogen and oxygen atoms in total. The molecule has 160 valence electrons. The van der Waals surface area contributed by atoms with Gasteiger partial charge in [0.05, 0.1) is 0 Å². The molecule has 2 aromatic rings. The van der Waals surface area contributed by atoms with E-state index in [1.165, 1.54) is 11.3 Å². The smallest absolute Gasteiger partial charge is 0.226 e. The van der Waals surface area contributed by atoms with Crippen LogP contribution >= 0.6 is 24.0 Å². The summed E-state index contributed by atoms with van der Waals surface area (Å²) in [7, 11) is 1.81. The normalized spacial score (nSPS) is 16.8. The van der Waals surface area contributed by atoms with E-state index >= 15 is 0 Å². The van der Waals surface area contributed by atoms with Crippen molar-refractivity contribution >= 4 is 35.6 Å². The second-order valence-corrected chi connectivity index (χ2v) is 7.72. The van der Waals surface area contributed by atoms with Gasteiger partial charge in [-0.3, -0.25) is 4.99 Å². The summed E-state index contributed by atoms with van der Waals surface area (Å²) >= 11 is 0. The quantitative estimate of drug-likeness (QED) is 0.256.